The molecule has 1 fully saturated rings. The highest BCUT2D eigenvalue weighted by molar-refractivity contribution is 9.10. The quantitative estimate of drug-likeness (QED) is 0.769. The van der Waals surface area contributed by atoms with E-state index >= 15 is 0 Å². The van der Waals surface area contributed by atoms with E-state index in [1.54, 1.807) is 18.2 Å². The van der Waals surface area contributed by atoms with Crippen LogP contribution in [0.2, 0.25) is 0 Å². The minimum absolute atomic E-state index is 0.0517. The highest BCUT2D eigenvalue weighted by Gasteiger charge is 2.35. The van der Waals surface area contributed by atoms with Gasteiger partial charge < -0.3 is 16.0 Å². The Hall–Kier alpha value is -2.81. The van der Waals surface area contributed by atoms with Crippen LogP contribution in [-0.2, 0) is 9.59 Å². The number of hydrogen-bond donors (Lipinski definition) is 2. The van der Waals surface area contributed by atoms with Crippen molar-refractivity contribution in [3.8, 4) is 0 Å². The number of hydrogen-bond acceptors (Lipinski definition) is 3. The third kappa shape index (κ3) is 3.97. The van der Waals surface area contributed by atoms with E-state index in [1.807, 2.05) is 6.07 Å². The zero-order valence-corrected chi connectivity index (χ0v) is 15.4. The van der Waals surface area contributed by atoms with Crippen LogP contribution in [0, 0.1) is 17.6 Å². The van der Waals surface area contributed by atoms with Crippen LogP contribution in [0.15, 0.2) is 40.9 Å². The first-order chi connectivity index (χ1) is 12.8. The van der Waals surface area contributed by atoms with Gasteiger partial charge in [-0.3, -0.25) is 14.4 Å². The van der Waals surface area contributed by atoms with Gasteiger partial charge in [0.05, 0.1) is 17.2 Å². The SMILES string of the molecule is NC(=O)c1cc(NC(=O)C2CC(=O)N(c3cccc(Br)c3)C2)c(F)cc1F. The fraction of sp³-hybridized carbons (Fsp3) is 0.167. The van der Waals surface area contributed by atoms with E-state index < -0.39 is 34.9 Å². The molecule has 0 radical (unpaired) electrons. The molecule has 1 aliphatic heterocycles. The van der Waals surface area contributed by atoms with Crippen molar-refractivity contribution in [2.75, 3.05) is 16.8 Å². The first-order valence-electron chi connectivity index (χ1n) is 7.92. The van der Waals surface area contributed by atoms with E-state index in [9.17, 15) is 23.2 Å². The Labute approximate surface area is 161 Å². The molecule has 1 heterocycles. The van der Waals surface area contributed by atoms with Gasteiger partial charge in [0.25, 0.3) is 5.91 Å². The van der Waals surface area contributed by atoms with E-state index in [4.69, 9.17) is 5.73 Å². The number of primary amides is 1. The number of nitrogens with one attached hydrogen (secondary N) is 1. The largest absolute Gasteiger partial charge is 0.366 e. The molecule has 0 saturated carbocycles. The van der Waals surface area contributed by atoms with Crippen LogP contribution in [0.5, 0.6) is 0 Å². The summed E-state index contributed by atoms with van der Waals surface area (Å²) in [5.74, 6) is -4.82. The summed E-state index contributed by atoms with van der Waals surface area (Å²) in [6, 6.07) is 8.37. The lowest BCUT2D eigenvalue weighted by Crippen LogP contribution is -2.28. The average Bonchev–Trinajstić information content (AvgIpc) is 2.99. The second-order valence-electron chi connectivity index (χ2n) is 6.05. The highest BCUT2D eigenvalue weighted by Crippen LogP contribution is 2.28. The average molecular weight is 438 g/mol. The zero-order chi connectivity index (χ0) is 19.7. The van der Waals surface area contributed by atoms with Gasteiger partial charge in [0.2, 0.25) is 11.8 Å². The standard InChI is InChI=1S/C18H14BrF2N3O3/c19-10-2-1-3-11(5-10)24-8-9(4-16(24)25)18(27)23-15-6-12(17(22)26)13(20)7-14(15)21/h1-3,5-7,9H,4,8H2,(H2,22,26)(H,23,27). The van der Waals surface area contributed by atoms with Crippen LogP contribution in [0.3, 0.4) is 0 Å². The third-order valence-electron chi connectivity index (χ3n) is 4.20. The van der Waals surface area contributed by atoms with Crippen molar-refractivity contribution in [3.05, 3.63) is 58.1 Å². The molecule has 140 valence electrons. The van der Waals surface area contributed by atoms with Crippen molar-refractivity contribution in [3.63, 3.8) is 0 Å². The third-order valence-corrected chi connectivity index (χ3v) is 4.69. The van der Waals surface area contributed by atoms with Gasteiger partial charge in [0, 0.05) is 29.2 Å². The molecule has 3 N–H and O–H groups in total. The number of rotatable bonds is 4. The minimum atomic E-state index is -1.12. The lowest BCUT2D eigenvalue weighted by atomic mass is 10.1. The Kier molecular flexibility index (Phi) is 5.22. The molecule has 1 aliphatic rings. The molecule has 0 aromatic heterocycles. The molecular formula is C18H14BrF2N3O3. The number of nitrogens with zero attached hydrogens (tertiary/aromatic N) is 1. The molecule has 3 amide bonds. The van der Waals surface area contributed by atoms with Crippen LogP contribution in [0.25, 0.3) is 0 Å². The fourth-order valence-corrected chi connectivity index (χ4v) is 3.23. The first kappa shape index (κ1) is 19.0. The van der Waals surface area contributed by atoms with Crippen molar-refractivity contribution in [1.29, 1.82) is 0 Å². The molecule has 1 atom stereocenters. The second-order valence-corrected chi connectivity index (χ2v) is 6.97. The summed E-state index contributed by atoms with van der Waals surface area (Å²) in [6.45, 7) is 0.118. The van der Waals surface area contributed by atoms with Gasteiger partial charge in [-0.2, -0.15) is 0 Å². The zero-order valence-electron chi connectivity index (χ0n) is 13.8. The van der Waals surface area contributed by atoms with E-state index in [2.05, 4.69) is 21.2 Å². The fourth-order valence-electron chi connectivity index (χ4n) is 2.85. The summed E-state index contributed by atoms with van der Waals surface area (Å²) in [5, 5.41) is 2.30. The maximum atomic E-state index is 13.9. The Morgan fingerprint density at radius 2 is 1.93 bits per heavy atom. The minimum Gasteiger partial charge on any atom is -0.366 e. The molecule has 0 aliphatic carbocycles. The van der Waals surface area contributed by atoms with Crippen LogP contribution < -0.4 is 16.0 Å². The Morgan fingerprint density at radius 1 is 1.19 bits per heavy atom. The smallest absolute Gasteiger partial charge is 0.251 e. The normalized spacial score (nSPS) is 16.5. The van der Waals surface area contributed by atoms with Gasteiger partial charge in [-0.1, -0.05) is 22.0 Å². The number of nitrogens with two attached hydrogens (primary N) is 1. The molecule has 0 spiro atoms. The Balaban J connectivity index is 1.77. The van der Waals surface area contributed by atoms with Crippen molar-refractivity contribution < 1.29 is 23.2 Å². The Bertz CT molecular complexity index is 951. The van der Waals surface area contributed by atoms with Crippen molar-refractivity contribution in [1.82, 2.24) is 0 Å². The molecule has 0 bridgehead atoms. The van der Waals surface area contributed by atoms with E-state index in [-0.39, 0.29) is 24.6 Å². The lowest BCUT2D eigenvalue weighted by molar-refractivity contribution is -0.122. The van der Waals surface area contributed by atoms with Gasteiger partial charge in [0.15, 0.2) is 0 Å². The Morgan fingerprint density at radius 3 is 2.59 bits per heavy atom. The number of anilines is 2. The molecule has 2 aromatic rings. The summed E-state index contributed by atoms with van der Waals surface area (Å²) in [6.07, 6.45) is -0.0517. The van der Waals surface area contributed by atoms with Gasteiger partial charge in [-0.15, -0.1) is 0 Å². The van der Waals surface area contributed by atoms with Crippen LogP contribution in [0.1, 0.15) is 16.8 Å². The molecule has 6 nitrogen and oxygen atoms in total. The lowest BCUT2D eigenvalue weighted by Gasteiger charge is -2.17. The van der Waals surface area contributed by atoms with Crippen molar-refractivity contribution in [2.24, 2.45) is 11.7 Å². The maximum absolute atomic E-state index is 13.9. The summed E-state index contributed by atoms with van der Waals surface area (Å²) in [5.41, 5.74) is 4.75. The number of carbonyl (C=O) groups excluding carboxylic acids is 3. The molecule has 27 heavy (non-hydrogen) atoms. The van der Waals surface area contributed by atoms with E-state index in [0.29, 0.717) is 11.8 Å². The van der Waals surface area contributed by atoms with Crippen molar-refractivity contribution in [2.45, 2.75) is 6.42 Å². The van der Waals surface area contributed by atoms with Crippen LogP contribution >= 0.6 is 15.9 Å². The van der Waals surface area contributed by atoms with Gasteiger partial charge >= 0.3 is 0 Å². The number of amides is 3. The van der Waals surface area contributed by atoms with E-state index in [0.717, 1.165) is 10.5 Å². The number of halogens is 3. The molecule has 1 saturated heterocycles. The predicted molar refractivity (Wildman–Crippen MR) is 98.1 cm³/mol. The van der Waals surface area contributed by atoms with Gasteiger partial charge in [0.1, 0.15) is 11.6 Å². The summed E-state index contributed by atoms with van der Waals surface area (Å²) in [7, 11) is 0. The molecule has 3 rings (SSSR count). The maximum Gasteiger partial charge on any atom is 0.251 e. The molecule has 2 aromatic carbocycles. The van der Waals surface area contributed by atoms with Crippen LogP contribution in [-0.4, -0.2) is 24.3 Å². The topological polar surface area (TPSA) is 92.5 Å². The highest BCUT2D eigenvalue weighted by atomic mass is 79.9. The monoisotopic (exact) mass is 437 g/mol. The van der Waals surface area contributed by atoms with E-state index in [1.165, 1.54) is 4.90 Å². The molecular weight excluding hydrogens is 424 g/mol. The summed E-state index contributed by atoms with van der Waals surface area (Å²) in [4.78, 5) is 37.4. The summed E-state index contributed by atoms with van der Waals surface area (Å²) >= 11 is 3.32. The first-order valence-corrected chi connectivity index (χ1v) is 8.71. The van der Waals surface area contributed by atoms with Gasteiger partial charge in [-0.25, -0.2) is 8.78 Å². The number of carbonyl (C=O) groups is 3. The second kappa shape index (κ2) is 7.43. The van der Waals surface area contributed by atoms with Crippen LogP contribution in [0.4, 0.5) is 20.2 Å². The van der Waals surface area contributed by atoms with Crippen molar-refractivity contribution >= 4 is 45.0 Å². The summed E-state index contributed by atoms with van der Waals surface area (Å²) < 4.78 is 28.2. The predicted octanol–water partition coefficient (Wildman–Crippen LogP) is 2.82. The molecule has 9 heteroatoms. The van der Waals surface area contributed by atoms with Gasteiger partial charge in [-0.05, 0) is 24.3 Å². The molecule has 1 unspecified atom stereocenters. The number of benzene rings is 2.